The van der Waals surface area contributed by atoms with Crippen LogP contribution in [0, 0.1) is 11.3 Å². The van der Waals surface area contributed by atoms with Gasteiger partial charge in [0.05, 0.1) is 29.2 Å². The van der Waals surface area contributed by atoms with Gasteiger partial charge in [-0.15, -0.1) is 11.8 Å². The molecule has 0 saturated carbocycles. The average molecular weight is 342 g/mol. The Morgan fingerprint density at radius 1 is 1.04 bits per heavy atom. The van der Waals surface area contributed by atoms with Crippen LogP contribution in [0.15, 0.2) is 72.0 Å². The number of nitrogens with zero attached hydrogens (tertiary/aromatic N) is 4. The molecule has 0 N–H and O–H groups in total. The molecule has 0 atom stereocenters. The van der Waals surface area contributed by atoms with E-state index in [-0.39, 0.29) is 0 Å². The summed E-state index contributed by atoms with van der Waals surface area (Å²) in [5, 5.41) is 10.0. The first-order valence-electron chi connectivity index (χ1n) is 7.78. The number of imidazole rings is 1. The number of benzene rings is 2. The molecule has 0 aliphatic rings. The Labute approximate surface area is 149 Å². The van der Waals surface area contributed by atoms with E-state index in [0.717, 1.165) is 33.2 Å². The molecule has 2 aromatic heterocycles. The maximum Gasteiger partial charge on any atom is 0.170 e. The minimum Gasteiger partial charge on any atom is -0.295 e. The van der Waals surface area contributed by atoms with E-state index in [9.17, 15) is 0 Å². The van der Waals surface area contributed by atoms with Crippen LogP contribution in [-0.4, -0.2) is 20.6 Å². The molecule has 25 heavy (non-hydrogen) atoms. The molecule has 5 heteroatoms. The predicted molar refractivity (Wildman–Crippen MR) is 100 cm³/mol. The summed E-state index contributed by atoms with van der Waals surface area (Å²) in [5.41, 5.74) is 5.32. The molecule has 0 aliphatic carbocycles. The molecular weight excluding hydrogens is 328 g/mol. The third kappa shape index (κ3) is 2.77. The Morgan fingerprint density at radius 2 is 1.84 bits per heavy atom. The summed E-state index contributed by atoms with van der Waals surface area (Å²) < 4.78 is 2.05. The Hall–Kier alpha value is -3.10. The van der Waals surface area contributed by atoms with Crippen molar-refractivity contribution in [2.75, 3.05) is 6.26 Å². The topological polar surface area (TPSA) is 54.0 Å². The van der Waals surface area contributed by atoms with E-state index in [1.54, 1.807) is 17.8 Å². The van der Waals surface area contributed by atoms with Gasteiger partial charge in [-0.3, -0.25) is 4.40 Å². The van der Waals surface area contributed by atoms with Crippen molar-refractivity contribution < 1.29 is 0 Å². The fourth-order valence-corrected chi connectivity index (χ4v) is 3.33. The van der Waals surface area contributed by atoms with Gasteiger partial charge in [0.1, 0.15) is 5.03 Å². The van der Waals surface area contributed by atoms with Gasteiger partial charge in [-0.1, -0.05) is 42.5 Å². The lowest BCUT2D eigenvalue weighted by Crippen LogP contribution is -1.96. The van der Waals surface area contributed by atoms with Gasteiger partial charge in [0.15, 0.2) is 5.65 Å². The zero-order valence-electron chi connectivity index (χ0n) is 13.5. The smallest absolute Gasteiger partial charge is 0.170 e. The second-order valence-corrected chi connectivity index (χ2v) is 6.33. The monoisotopic (exact) mass is 342 g/mol. The van der Waals surface area contributed by atoms with Gasteiger partial charge >= 0.3 is 0 Å². The highest BCUT2D eigenvalue weighted by Gasteiger charge is 2.13. The van der Waals surface area contributed by atoms with Gasteiger partial charge in [0.2, 0.25) is 0 Å². The maximum atomic E-state index is 9.16. The molecule has 0 unspecified atom stereocenters. The SMILES string of the molecule is CSc1nc(-c2ccccc2)cn2c(-c3cccc(C#N)c3)cnc12. The second kappa shape index (κ2) is 6.42. The number of nitriles is 1. The van der Waals surface area contributed by atoms with Gasteiger partial charge in [-0.2, -0.15) is 5.26 Å². The van der Waals surface area contributed by atoms with Gasteiger partial charge in [0, 0.05) is 17.3 Å². The van der Waals surface area contributed by atoms with Crippen LogP contribution in [0.3, 0.4) is 0 Å². The molecule has 0 bridgehead atoms. The number of aromatic nitrogens is 3. The maximum absolute atomic E-state index is 9.16. The molecule has 0 spiro atoms. The predicted octanol–water partition coefficient (Wildman–Crippen LogP) is 4.66. The number of rotatable bonds is 3. The molecule has 0 fully saturated rings. The molecular formula is C20H14N4S. The van der Waals surface area contributed by atoms with Crippen LogP contribution in [-0.2, 0) is 0 Å². The van der Waals surface area contributed by atoms with Crippen LogP contribution in [0.4, 0.5) is 0 Å². The summed E-state index contributed by atoms with van der Waals surface area (Å²) >= 11 is 1.58. The van der Waals surface area contributed by atoms with E-state index in [4.69, 9.17) is 10.2 Å². The van der Waals surface area contributed by atoms with E-state index >= 15 is 0 Å². The Bertz CT molecular complexity index is 1090. The summed E-state index contributed by atoms with van der Waals surface area (Å²) in [7, 11) is 0. The highest BCUT2D eigenvalue weighted by atomic mass is 32.2. The first-order valence-corrected chi connectivity index (χ1v) is 9.00. The van der Waals surface area contributed by atoms with E-state index < -0.39 is 0 Å². The third-order valence-corrected chi connectivity index (χ3v) is 4.67. The molecule has 2 aromatic carbocycles. The van der Waals surface area contributed by atoms with E-state index in [2.05, 4.69) is 15.5 Å². The van der Waals surface area contributed by atoms with Crippen molar-refractivity contribution in [3.05, 3.63) is 72.6 Å². The number of hydrogen-bond acceptors (Lipinski definition) is 4. The quantitative estimate of drug-likeness (QED) is 0.508. The van der Waals surface area contributed by atoms with Crippen LogP contribution in [0.25, 0.3) is 28.2 Å². The van der Waals surface area contributed by atoms with Crippen molar-refractivity contribution in [3.63, 3.8) is 0 Å². The summed E-state index contributed by atoms with van der Waals surface area (Å²) in [6, 6.07) is 19.9. The van der Waals surface area contributed by atoms with Crippen LogP contribution < -0.4 is 0 Å². The fourth-order valence-electron chi connectivity index (χ4n) is 2.81. The molecule has 0 aliphatic heterocycles. The van der Waals surface area contributed by atoms with Gasteiger partial charge in [0.25, 0.3) is 0 Å². The van der Waals surface area contributed by atoms with Gasteiger partial charge in [-0.25, -0.2) is 9.97 Å². The minimum atomic E-state index is 0.634. The lowest BCUT2D eigenvalue weighted by atomic mass is 10.1. The van der Waals surface area contributed by atoms with Crippen LogP contribution in [0.2, 0.25) is 0 Å². The summed E-state index contributed by atoms with van der Waals surface area (Å²) in [4.78, 5) is 9.31. The average Bonchev–Trinajstić information content (AvgIpc) is 3.12. The molecule has 0 saturated heterocycles. The first kappa shape index (κ1) is 15.4. The van der Waals surface area contributed by atoms with Crippen molar-refractivity contribution in [3.8, 4) is 28.6 Å². The molecule has 4 aromatic rings. The lowest BCUT2D eigenvalue weighted by molar-refractivity contribution is 1.04. The highest BCUT2D eigenvalue weighted by molar-refractivity contribution is 7.98. The van der Waals surface area contributed by atoms with E-state index in [1.807, 2.05) is 67.2 Å². The number of thioether (sulfide) groups is 1. The largest absolute Gasteiger partial charge is 0.295 e. The molecule has 0 radical (unpaired) electrons. The van der Waals surface area contributed by atoms with E-state index in [1.165, 1.54) is 0 Å². The molecule has 4 rings (SSSR count). The Kier molecular flexibility index (Phi) is 3.96. The van der Waals surface area contributed by atoms with Crippen molar-refractivity contribution in [2.24, 2.45) is 0 Å². The van der Waals surface area contributed by atoms with Crippen LogP contribution in [0.5, 0.6) is 0 Å². The number of fused-ring (bicyclic) bond motifs is 1. The van der Waals surface area contributed by atoms with Crippen LogP contribution >= 0.6 is 11.8 Å². The van der Waals surface area contributed by atoms with Crippen LogP contribution in [0.1, 0.15) is 5.56 Å². The third-order valence-electron chi connectivity index (χ3n) is 4.01. The Morgan fingerprint density at radius 3 is 2.60 bits per heavy atom. The standard InChI is InChI=1S/C20H14N4S/c1-25-20-19-22-12-18(16-9-5-6-14(10-16)11-21)24(19)13-17(23-20)15-7-3-2-4-8-15/h2-10,12-13H,1H3. The second-order valence-electron chi connectivity index (χ2n) is 5.53. The summed E-state index contributed by atoms with van der Waals surface area (Å²) in [5.74, 6) is 0. The van der Waals surface area contributed by atoms with Gasteiger partial charge in [-0.05, 0) is 18.4 Å². The number of hydrogen-bond donors (Lipinski definition) is 0. The Balaban J connectivity index is 1.96. The zero-order chi connectivity index (χ0) is 17.2. The summed E-state index contributed by atoms with van der Waals surface area (Å²) in [6.07, 6.45) is 5.84. The minimum absolute atomic E-state index is 0.634. The van der Waals surface area contributed by atoms with Crippen molar-refractivity contribution in [2.45, 2.75) is 5.03 Å². The first-order chi connectivity index (χ1) is 12.3. The highest BCUT2D eigenvalue weighted by Crippen LogP contribution is 2.29. The van der Waals surface area contributed by atoms with E-state index in [0.29, 0.717) is 5.56 Å². The zero-order valence-corrected chi connectivity index (χ0v) is 14.4. The molecule has 2 heterocycles. The fraction of sp³-hybridized carbons (Fsp3) is 0.0500. The van der Waals surface area contributed by atoms with Crippen molar-refractivity contribution >= 4 is 17.4 Å². The molecule has 4 nitrogen and oxygen atoms in total. The molecule has 0 amide bonds. The normalized spacial score (nSPS) is 10.7. The van der Waals surface area contributed by atoms with Crippen molar-refractivity contribution in [1.82, 2.24) is 14.4 Å². The van der Waals surface area contributed by atoms with Crippen molar-refractivity contribution in [1.29, 1.82) is 5.26 Å². The van der Waals surface area contributed by atoms with Gasteiger partial charge < -0.3 is 0 Å². The molecule has 120 valence electrons. The summed E-state index contributed by atoms with van der Waals surface area (Å²) in [6.45, 7) is 0. The lowest BCUT2D eigenvalue weighted by Gasteiger charge is -2.08.